The van der Waals surface area contributed by atoms with Crippen molar-refractivity contribution in [3.8, 4) is 5.75 Å². The Labute approximate surface area is 142 Å². The van der Waals surface area contributed by atoms with Crippen molar-refractivity contribution >= 4 is 11.9 Å². The summed E-state index contributed by atoms with van der Waals surface area (Å²) in [5.41, 5.74) is 0.370. The van der Waals surface area contributed by atoms with E-state index in [0.29, 0.717) is 31.2 Å². The quantitative estimate of drug-likeness (QED) is 0.849. The second-order valence-electron chi connectivity index (χ2n) is 6.59. The van der Waals surface area contributed by atoms with Gasteiger partial charge in [0.05, 0.1) is 5.92 Å². The van der Waals surface area contributed by atoms with E-state index >= 15 is 0 Å². The van der Waals surface area contributed by atoms with E-state index in [1.165, 1.54) is 18.2 Å². The highest BCUT2D eigenvalue weighted by molar-refractivity contribution is 5.83. The van der Waals surface area contributed by atoms with Crippen molar-refractivity contribution in [3.05, 3.63) is 29.8 Å². The van der Waals surface area contributed by atoms with Crippen LogP contribution in [0.15, 0.2) is 24.3 Å². The highest BCUT2D eigenvalue weighted by Crippen LogP contribution is 2.51. The molecule has 2 saturated carbocycles. The van der Waals surface area contributed by atoms with Gasteiger partial charge in [-0.25, -0.2) is 0 Å². The molecular weight excluding hydrogens is 339 g/mol. The first-order valence-electron chi connectivity index (χ1n) is 8.12. The fourth-order valence-electron chi connectivity index (χ4n) is 3.48. The lowest BCUT2D eigenvalue weighted by Gasteiger charge is -2.14. The van der Waals surface area contributed by atoms with E-state index in [1.807, 2.05) is 0 Å². The summed E-state index contributed by atoms with van der Waals surface area (Å²) in [6.45, 7) is 0. The smallest absolute Gasteiger partial charge is 0.481 e. The van der Waals surface area contributed by atoms with Gasteiger partial charge in [-0.3, -0.25) is 9.59 Å². The summed E-state index contributed by atoms with van der Waals surface area (Å²) in [7, 11) is 0. The Morgan fingerprint density at radius 2 is 1.88 bits per heavy atom. The summed E-state index contributed by atoms with van der Waals surface area (Å²) in [5.74, 6) is -2.53. The van der Waals surface area contributed by atoms with Gasteiger partial charge in [-0.1, -0.05) is 18.2 Å². The summed E-state index contributed by atoms with van der Waals surface area (Å²) in [6.07, 6.45) is -2.80. The van der Waals surface area contributed by atoms with Crippen LogP contribution in [0.3, 0.4) is 0 Å². The maximum absolute atomic E-state index is 12.5. The molecule has 25 heavy (non-hydrogen) atoms. The van der Waals surface area contributed by atoms with Crippen LogP contribution in [0.5, 0.6) is 5.75 Å². The molecule has 2 N–H and O–H groups in total. The van der Waals surface area contributed by atoms with Gasteiger partial charge in [-0.2, -0.15) is 0 Å². The van der Waals surface area contributed by atoms with E-state index in [0.717, 1.165) is 0 Å². The number of ether oxygens (including phenoxy) is 1. The van der Waals surface area contributed by atoms with Crippen molar-refractivity contribution in [2.24, 2.45) is 11.8 Å². The molecule has 2 aliphatic rings. The van der Waals surface area contributed by atoms with Crippen LogP contribution in [0.1, 0.15) is 37.2 Å². The van der Waals surface area contributed by atoms with Gasteiger partial charge in [0, 0.05) is 12.0 Å². The molecule has 1 aromatic rings. The normalized spacial score (nSPS) is 28.4. The fourth-order valence-corrected chi connectivity index (χ4v) is 3.48. The largest absolute Gasteiger partial charge is 0.573 e. The molecule has 0 bridgehead atoms. The molecule has 0 radical (unpaired) electrons. The number of carboxylic acid groups (broad SMARTS) is 1. The summed E-state index contributed by atoms with van der Waals surface area (Å²) in [5, 5.41) is 11.8. The van der Waals surface area contributed by atoms with E-state index in [9.17, 15) is 22.8 Å². The minimum atomic E-state index is -4.78. The van der Waals surface area contributed by atoms with Crippen molar-refractivity contribution in [2.45, 2.75) is 44.0 Å². The second kappa shape index (κ2) is 6.57. The number of amides is 1. The van der Waals surface area contributed by atoms with Crippen molar-refractivity contribution in [1.29, 1.82) is 0 Å². The van der Waals surface area contributed by atoms with Gasteiger partial charge in [0.25, 0.3) is 0 Å². The van der Waals surface area contributed by atoms with Crippen LogP contribution >= 0.6 is 0 Å². The third-order valence-corrected chi connectivity index (χ3v) is 4.80. The molecule has 136 valence electrons. The molecule has 0 aromatic heterocycles. The minimum Gasteiger partial charge on any atom is -0.481 e. The molecule has 0 heterocycles. The maximum atomic E-state index is 12.5. The van der Waals surface area contributed by atoms with Crippen LogP contribution in [0.4, 0.5) is 13.2 Å². The first-order valence-corrected chi connectivity index (χ1v) is 8.12. The van der Waals surface area contributed by atoms with Gasteiger partial charge in [0.1, 0.15) is 5.75 Å². The Kier molecular flexibility index (Phi) is 4.62. The van der Waals surface area contributed by atoms with Crippen LogP contribution in [0, 0.1) is 11.8 Å². The van der Waals surface area contributed by atoms with Crippen molar-refractivity contribution < 1.29 is 32.6 Å². The predicted molar refractivity (Wildman–Crippen MR) is 80.9 cm³/mol. The van der Waals surface area contributed by atoms with E-state index in [4.69, 9.17) is 5.11 Å². The minimum absolute atomic E-state index is 0.184. The Hall–Kier alpha value is -2.25. The summed E-state index contributed by atoms with van der Waals surface area (Å²) in [4.78, 5) is 23.2. The topological polar surface area (TPSA) is 75.6 Å². The zero-order valence-electron chi connectivity index (χ0n) is 13.3. The Balaban J connectivity index is 1.60. The molecule has 2 unspecified atom stereocenters. The van der Waals surface area contributed by atoms with Crippen molar-refractivity contribution in [2.75, 3.05) is 0 Å². The van der Waals surface area contributed by atoms with E-state index < -0.39 is 24.2 Å². The molecule has 0 aliphatic heterocycles. The molecule has 3 rings (SSSR count). The average molecular weight is 357 g/mol. The van der Waals surface area contributed by atoms with Crippen LogP contribution < -0.4 is 10.1 Å². The third-order valence-electron chi connectivity index (χ3n) is 4.80. The van der Waals surface area contributed by atoms with Gasteiger partial charge in [0.2, 0.25) is 5.91 Å². The highest BCUT2D eigenvalue weighted by Gasteiger charge is 2.47. The number of alkyl halides is 3. The van der Waals surface area contributed by atoms with Gasteiger partial charge < -0.3 is 15.2 Å². The monoisotopic (exact) mass is 357 g/mol. The number of carbonyl (C=O) groups is 2. The summed E-state index contributed by atoms with van der Waals surface area (Å²) in [6, 6.07) is 5.66. The number of benzene rings is 1. The molecule has 1 amide bonds. The average Bonchev–Trinajstić information content (AvgIpc) is 3.17. The standard InChI is InChI=1S/C17H18F3NO4/c18-17(19,20)25-14-4-2-1-3-11(14)12-8-13(12)15(22)21-10-6-5-9(7-10)16(23)24/h1-4,9-10,12-13H,5-8H2,(H,21,22)(H,23,24)/t9-,10+,12?,13?/m0/s1. The van der Waals surface area contributed by atoms with Crippen LogP contribution in [-0.4, -0.2) is 29.4 Å². The lowest BCUT2D eigenvalue weighted by atomic mass is 10.1. The van der Waals surface area contributed by atoms with Crippen LogP contribution in [-0.2, 0) is 9.59 Å². The lowest BCUT2D eigenvalue weighted by Crippen LogP contribution is -2.34. The molecule has 2 aliphatic carbocycles. The van der Waals surface area contributed by atoms with Crippen LogP contribution in [0.2, 0.25) is 0 Å². The van der Waals surface area contributed by atoms with Gasteiger partial charge in [0.15, 0.2) is 0 Å². The SMILES string of the molecule is O=C(N[C@@H]1CC[C@H](C(=O)O)C1)C1CC1c1ccccc1OC(F)(F)F. The molecule has 1 aromatic carbocycles. The van der Waals surface area contributed by atoms with Crippen LogP contribution in [0.25, 0.3) is 0 Å². The lowest BCUT2D eigenvalue weighted by molar-refractivity contribution is -0.274. The zero-order valence-corrected chi connectivity index (χ0v) is 13.3. The number of carbonyl (C=O) groups excluding carboxylic acids is 1. The number of nitrogens with one attached hydrogen (secondary N) is 1. The predicted octanol–water partition coefficient (Wildman–Crippen LogP) is 3.06. The van der Waals surface area contributed by atoms with E-state index in [2.05, 4.69) is 10.1 Å². The van der Waals surface area contributed by atoms with E-state index in [1.54, 1.807) is 6.07 Å². The highest BCUT2D eigenvalue weighted by atomic mass is 19.4. The first kappa shape index (κ1) is 17.6. The fraction of sp³-hybridized carbons (Fsp3) is 0.529. The third kappa shape index (κ3) is 4.24. The molecule has 2 fully saturated rings. The number of hydrogen-bond donors (Lipinski definition) is 2. The molecule has 0 spiro atoms. The Morgan fingerprint density at radius 1 is 1.16 bits per heavy atom. The number of hydrogen-bond acceptors (Lipinski definition) is 3. The number of halogens is 3. The number of aliphatic carboxylic acids is 1. The number of carboxylic acids is 1. The van der Waals surface area contributed by atoms with Crippen molar-refractivity contribution in [1.82, 2.24) is 5.32 Å². The second-order valence-corrected chi connectivity index (χ2v) is 6.59. The first-order chi connectivity index (χ1) is 11.7. The summed E-state index contributed by atoms with van der Waals surface area (Å²) < 4.78 is 41.5. The number of rotatable bonds is 5. The molecular formula is C17H18F3NO4. The van der Waals surface area contributed by atoms with Crippen molar-refractivity contribution in [3.63, 3.8) is 0 Å². The molecule has 8 heteroatoms. The molecule has 5 nitrogen and oxygen atoms in total. The van der Waals surface area contributed by atoms with Gasteiger partial charge >= 0.3 is 12.3 Å². The van der Waals surface area contributed by atoms with Gasteiger partial charge in [-0.15, -0.1) is 13.2 Å². The molecule has 0 saturated heterocycles. The Morgan fingerprint density at radius 3 is 2.52 bits per heavy atom. The van der Waals surface area contributed by atoms with Gasteiger partial charge in [-0.05, 0) is 43.2 Å². The van der Waals surface area contributed by atoms with E-state index in [-0.39, 0.29) is 23.6 Å². The Bertz CT molecular complexity index is 676. The molecule has 4 atom stereocenters. The maximum Gasteiger partial charge on any atom is 0.573 e. The zero-order chi connectivity index (χ0) is 18.2. The summed E-state index contributed by atoms with van der Waals surface area (Å²) >= 11 is 0. The number of para-hydroxylation sites is 1.